The summed E-state index contributed by atoms with van der Waals surface area (Å²) in [6.07, 6.45) is 4.65. The zero-order valence-corrected chi connectivity index (χ0v) is 11.3. The molecule has 2 aromatic heterocycles. The van der Waals surface area contributed by atoms with Crippen LogP contribution >= 0.6 is 0 Å². The maximum Gasteiger partial charge on any atom is 0.202 e. The Bertz CT molecular complexity index is 580. The first-order valence-electron chi connectivity index (χ1n) is 6.86. The summed E-state index contributed by atoms with van der Waals surface area (Å²) in [5.41, 5.74) is 9.22. The molecule has 3 rings (SSSR count). The van der Waals surface area contributed by atoms with Crippen LogP contribution in [0, 0.1) is 5.92 Å². The van der Waals surface area contributed by atoms with E-state index in [9.17, 15) is 0 Å². The van der Waals surface area contributed by atoms with Crippen molar-refractivity contribution in [1.29, 1.82) is 0 Å². The van der Waals surface area contributed by atoms with Crippen LogP contribution in [0.15, 0.2) is 0 Å². The number of imidazole rings is 1. The number of aromatic nitrogens is 4. The molecule has 0 amide bonds. The van der Waals surface area contributed by atoms with Crippen LogP contribution in [0.25, 0.3) is 11.2 Å². The average molecular weight is 247 g/mol. The van der Waals surface area contributed by atoms with Gasteiger partial charge >= 0.3 is 0 Å². The van der Waals surface area contributed by atoms with Gasteiger partial charge in [-0.25, -0.2) is 4.98 Å². The van der Waals surface area contributed by atoms with Gasteiger partial charge in [0.2, 0.25) is 5.95 Å². The fourth-order valence-corrected chi connectivity index (χ4v) is 3.01. The maximum absolute atomic E-state index is 6.10. The lowest BCUT2D eigenvalue weighted by Gasteiger charge is -2.05. The minimum Gasteiger partial charge on any atom is -0.369 e. The summed E-state index contributed by atoms with van der Waals surface area (Å²) in [5, 5.41) is 4.53. The van der Waals surface area contributed by atoms with E-state index in [1.165, 1.54) is 19.3 Å². The van der Waals surface area contributed by atoms with Gasteiger partial charge in [0, 0.05) is 13.1 Å². The Balaban J connectivity index is 2.07. The number of rotatable bonds is 4. The molecule has 1 aliphatic rings. The zero-order valence-electron chi connectivity index (χ0n) is 11.3. The number of hydrogen-bond acceptors (Lipinski definition) is 3. The highest BCUT2D eigenvalue weighted by Crippen LogP contribution is 2.48. The van der Waals surface area contributed by atoms with E-state index >= 15 is 0 Å². The van der Waals surface area contributed by atoms with E-state index in [0.29, 0.717) is 12.0 Å². The highest BCUT2D eigenvalue weighted by molar-refractivity contribution is 5.78. The highest BCUT2D eigenvalue weighted by Gasteiger charge is 2.40. The van der Waals surface area contributed by atoms with Gasteiger partial charge in [-0.3, -0.25) is 9.25 Å². The monoisotopic (exact) mass is 247 g/mol. The quantitative estimate of drug-likeness (QED) is 0.901. The van der Waals surface area contributed by atoms with Gasteiger partial charge in [0.25, 0.3) is 0 Å². The standard InChI is InChI=1S/C13H21N5/c1-4-6-8-7-10(8)18-12-11(15-13(18)14)9(5-2)16-17(12)3/h8,10H,4-7H2,1-3H3,(H2,14,15). The van der Waals surface area contributed by atoms with E-state index in [2.05, 4.69) is 28.5 Å². The Hall–Kier alpha value is -1.52. The Morgan fingerprint density at radius 1 is 1.39 bits per heavy atom. The van der Waals surface area contributed by atoms with Crippen LogP contribution in [0.4, 0.5) is 5.95 Å². The summed E-state index contributed by atoms with van der Waals surface area (Å²) in [6, 6.07) is 0.537. The van der Waals surface area contributed by atoms with Crippen LogP contribution in [0.2, 0.25) is 0 Å². The number of nitrogens with two attached hydrogens (primary N) is 1. The van der Waals surface area contributed by atoms with E-state index in [1.54, 1.807) is 0 Å². The van der Waals surface area contributed by atoms with Crippen molar-refractivity contribution in [1.82, 2.24) is 19.3 Å². The largest absolute Gasteiger partial charge is 0.369 e. The van der Waals surface area contributed by atoms with Gasteiger partial charge in [0.1, 0.15) is 5.52 Å². The molecule has 0 radical (unpaired) electrons. The van der Waals surface area contributed by atoms with Crippen molar-refractivity contribution < 1.29 is 0 Å². The molecule has 2 heterocycles. The number of fused-ring (bicyclic) bond motifs is 1. The van der Waals surface area contributed by atoms with Crippen molar-refractivity contribution in [3.05, 3.63) is 5.69 Å². The number of anilines is 1. The SMILES string of the molecule is CCCC1CC1n1c(N)nc2c(CC)nn(C)c21. The van der Waals surface area contributed by atoms with Crippen molar-refractivity contribution in [2.24, 2.45) is 13.0 Å². The molecule has 2 atom stereocenters. The minimum atomic E-state index is 0.537. The zero-order chi connectivity index (χ0) is 12.9. The summed E-state index contributed by atoms with van der Waals surface area (Å²) in [5.74, 6) is 1.42. The Labute approximate surface area is 107 Å². The topological polar surface area (TPSA) is 61.7 Å². The Morgan fingerprint density at radius 3 is 2.83 bits per heavy atom. The molecule has 2 unspecified atom stereocenters. The predicted molar refractivity (Wildman–Crippen MR) is 72.3 cm³/mol. The van der Waals surface area contributed by atoms with E-state index in [4.69, 9.17) is 5.73 Å². The molecule has 5 nitrogen and oxygen atoms in total. The number of aryl methyl sites for hydroxylation is 2. The van der Waals surface area contributed by atoms with Gasteiger partial charge < -0.3 is 5.73 Å². The van der Waals surface area contributed by atoms with Crippen molar-refractivity contribution in [3.63, 3.8) is 0 Å². The van der Waals surface area contributed by atoms with E-state index in [1.807, 2.05) is 11.7 Å². The third kappa shape index (κ3) is 1.53. The lowest BCUT2D eigenvalue weighted by atomic mass is 10.2. The van der Waals surface area contributed by atoms with Gasteiger partial charge in [0.05, 0.1) is 5.69 Å². The molecule has 0 spiro atoms. The van der Waals surface area contributed by atoms with Crippen molar-refractivity contribution >= 4 is 17.1 Å². The Morgan fingerprint density at radius 2 is 2.17 bits per heavy atom. The van der Waals surface area contributed by atoms with E-state index < -0.39 is 0 Å². The molecule has 1 saturated carbocycles. The minimum absolute atomic E-state index is 0.537. The van der Waals surface area contributed by atoms with Gasteiger partial charge in [-0.05, 0) is 25.2 Å². The van der Waals surface area contributed by atoms with E-state index in [0.717, 1.165) is 29.2 Å². The smallest absolute Gasteiger partial charge is 0.202 e. The first-order chi connectivity index (χ1) is 8.67. The van der Waals surface area contributed by atoms with Crippen molar-refractivity contribution in [3.8, 4) is 0 Å². The maximum atomic E-state index is 6.10. The van der Waals surface area contributed by atoms with Gasteiger partial charge in [0.15, 0.2) is 5.65 Å². The molecule has 1 fully saturated rings. The average Bonchev–Trinajstić information content (AvgIpc) is 2.90. The molecule has 0 aromatic carbocycles. The summed E-state index contributed by atoms with van der Waals surface area (Å²) in [7, 11) is 1.98. The highest BCUT2D eigenvalue weighted by atomic mass is 15.4. The normalized spacial score (nSPS) is 22.8. The molecular weight excluding hydrogens is 226 g/mol. The summed E-state index contributed by atoms with van der Waals surface area (Å²) in [4.78, 5) is 4.52. The van der Waals surface area contributed by atoms with Crippen LogP contribution in [0.5, 0.6) is 0 Å². The second-order valence-electron chi connectivity index (χ2n) is 5.29. The molecule has 18 heavy (non-hydrogen) atoms. The number of nitrogen functional groups attached to an aromatic ring is 1. The first-order valence-corrected chi connectivity index (χ1v) is 6.86. The third-order valence-corrected chi connectivity index (χ3v) is 3.98. The first kappa shape index (κ1) is 11.6. The molecule has 0 saturated heterocycles. The molecule has 0 aliphatic heterocycles. The lowest BCUT2D eigenvalue weighted by Crippen LogP contribution is -2.06. The second-order valence-corrected chi connectivity index (χ2v) is 5.29. The number of hydrogen-bond donors (Lipinski definition) is 1. The summed E-state index contributed by atoms with van der Waals surface area (Å²) < 4.78 is 4.13. The molecule has 2 aromatic rings. The van der Waals surface area contributed by atoms with Crippen LogP contribution in [0.1, 0.15) is 44.8 Å². The lowest BCUT2D eigenvalue weighted by molar-refractivity contribution is 0.609. The van der Waals surface area contributed by atoms with Gasteiger partial charge in [-0.2, -0.15) is 5.10 Å². The molecule has 0 bridgehead atoms. The van der Waals surface area contributed by atoms with Gasteiger partial charge in [-0.15, -0.1) is 0 Å². The fraction of sp³-hybridized carbons (Fsp3) is 0.692. The predicted octanol–water partition coefficient (Wildman–Crippen LogP) is 2.28. The molecular formula is C13H21N5. The molecule has 1 aliphatic carbocycles. The van der Waals surface area contributed by atoms with Gasteiger partial charge in [-0.1, -0.05) is 20.3 Å². The van der Waals surface area contributed by atoms with Crippen LogP contribution in [0.3, 0.4) is 0 Å². The third-order valence-electron chi connectivity index (χ3n) is 3.98. The van der Waals surface area contributed by atoms with Crippen LogP contribution in [-0.2, 0) is 13.5 Å². The summed E-state index contributed by atoms with van der Waals surface area (Å²) in [6.45, 7) is 4.34. The van der Waals surface area contributed by atoms with E-state index in [-0.39, 0.29) is 0 Å². The summed E-state index contributed by atoms with van der Waals surface area (Å²) >= 11 is 0. The number of nitrogens with zero attached hydrogens (tertiary/aromatic N) is 4. The van der Waals surface area contributed by atoms with Crippen LogP contribution in [-0.4, -0.2) is 19.3 Å². The fourth-order valence-electron chi connectivity index (χ4n) is 3.01. The molecule has 5 heteroatoms. The van der Waals surface area contributed by atoms with Crippen molar-refractivity contribution in [2.45, 2.75) is 45.6 Å². The molecule has 2 N–H and O–H groups in total. The second kappa shape index (κ2) is 4.00. The molecule has 98 valence electrons. The van der Waals surface area contributed by atoms with Crippen LogP contribution < -0.4 is 5.73 Å². The Kier molecular flexibility index (Phi) is 2.57. The van der Waals surface area contributed by atoms with Crippen molar-refractivity contribution in [2.75, 3.05) is 5.73 Å².